The number of carbonyl (C=O) groups is 3. The van der Waals surface area contributed by atoms with Crippen molar-refractivity contribution in [2.75, 3.05) is 7.11 Å². The molecule has 7 heteroatoms. The van der Waals surface area contributed by atoms with Crippen molar-refractivity contribution in [2.45, 2.75) is 58.2 Å². The molecular formula is C33H34O7. The van der Waals surface area contributed by atoms with E-state index in [0.29, 0.717) is 22.4 Å². The van der Waals surface area contributed by atoms with Gasteiger partial charge in [0.25, 0.3) is 0 Å². The van der Waals surface area contributed by atoms with E-state index in [-0.39, 0.29) is 46.5 Å². The zero-order valence-electron chi connectivity index (χ0n) is 23.4. The maximum Gasteiger partial charge on any atom is 0.343 e. The molecule has 0 unspecified atom stereocenters. The van der Waals surface area contributed by atoms with E-state index in [1.54, 1.807) is 66.7 Å². The molecule has 4 atom stereocenters. The predicted octanol–water partition coefficient (Wildman–Crippen LogP) is 6.64. The van der Waals surface area contributed by atoms with Gasteiger partial charge in [0.05, 0.1) is 29.9 Å². The van der Waals surface area contributed by atoms with Crippen LogP contribution in [0.3, 0.4) is 0 Å². The van der Waals surface area contributed by atoms with E-state index in [9.17, 15) is 14.4 Å². The molecule has 40 heavy (non-hydrogen) atoms. The highest BCUT2D eigenvalue weighted by Gasteiger charge is 2.62. The van der Waals surface area contributed by atoms with Crippen molar-refractivity contribution >= 4 is 17.7 Å². The molecule has 0 bridgehead atoms. The number of methoxy groups -OCH3 is 1. The zero-order valence-corrected chi connectivity index (χ0v) is 23.4. The summed E-state index contributed by atoms with van der Waals surface area (Å²) in [5, 5.41) is 0. The van der Waals surface area contributed by atoms with E-state index in [1.807, 2.05) is 0 Å². The number of Topliss-reactive ketones (excluding diaryl/α,β-unsaturated/α-hetero) is 1. The summed E-state index contributed by atoms with van der Waals surface area (Å²) in [7, 11) is 1.51. The van der Waals surface area contributed by atoms with Gasteiger partial charge in [-0.05, 0) is 62.8 Å². The quantitative estimate of drug-likeness (QED) is 0.136. The minimum atomic E-state index is -0.644. The Morgan fingerprint density at radius 3 is 2.00 bits per heavy atom. The van der Waals surface area contributed by atoms with Crippen molar-refractivity contribution in [3.63, 3.8) is 0 Å². The molecule has 0 aromatic heterocycles. The number of carbonyl (C=O) groups excluding carboxylic acids is 3. The van der Waals surface area contributed by atoms with Gasteiger partial charge in [0.2, 0.25) is 0 Å². The van der Waals surface area contributed by atoms with Crippen LogP contribution in [0.2, 0.25) is 0 Å². The van der Waals surface area contributed by atoms with Gasteiger partial charge in [-0.25, -0.2) is 9.59 Å². The number of esters is 2. The van der Waals surface area contributed by atoms with Crippen LogP contribution in [0.4, 0.5) is 0 Å². The third-order valence-corrected chi connectivity index (χ3v) is 8.13. The first-order valence-electron chi connectivity index (χ1n) is 13.6. The van der Waals surface area contributed by atoms with Crippen LogP contribution in [-0.4, -0.2) is 36.5 Å². The van der Waals surface area contributed by atoms with Crippen LogP contribution < -0.4 is 14.2 Å². The van der Waals surface area contributed by atoms with Crippen molar-refractivity contribution < 1.29 is 33.3 Å². The Morgan fingerprint density at radius 2 is 1.48 bits per heavy atom. The second-order valence-corrected chi connectivity index (χ2v) is 11.1. The van der Waals surface area contributed by atoms with E-state index < -0.39 is 17.7 Å². The zero-order chi connectivity index (χ0) is 28.6. The van der Waals surface area contributed by atoms with Gasteiger partial charge in [0, 0.05) is 17.5 Å². The lowest BCUT2D eigenvalue weighted by atomic mass is 9.67. The average Bonchev–Trinajstić information content (AvgIpc) is 3.64. The Labute approximate surface area is 234 Å². The van der Waals surface area contributed by atoms with E-state index in [0.717, 1.165) is 12.8 Å². The van der Waals surface area contributed by atoms with Crippen LogP contribution in [0.1, 0.15) is 83.1 Å². The highest BCUT2D eigenvalue weighted by Crippen LogP contribution is 2.61. The lowest BCUT2D eigenvalue weighted by molar-refractivity contribution is 0.0724. The summed E-state index contributed by atoms with van der Waals surface area (Å²) < 4.78 is 24.0. The summed E-state index contributed by atoms with van der Waals surface area (Å²) in [4.78, 5) is 39.8. The molecule has 2 fully saturated rings. The minimum Gasteiger partial charge on any atom is -0.496 e. The van der Waals surface area contributed by atoms with Gasteiger partial charge < -0.3 is 18.9 Å². The molecule has 1 saturated carbocycles. The largest absolute Gasteiger partial charge is 0.496 e. The molecule has 1 aliphatic heterocycles. The average molecular weight is 543 g/mol. The predicted molar refractivity (Wildman–Crippen MR) is 149 cm³/mol. The fourth-order valence-corrected chi connectivity index (χ4v) is 5.97. The van der Waals surface area contributed by atoms with E-state index in [4.69, 9.17) is 18.9 Å². The number of rotatable bonds is 8. The Hall–Kier alpha value is -3.97. The molecule has 208 valence electrons. The number of hydrogen-bond acceptors (Lipinski definition) is 7. The first kappa shape index (κ1) is 27.6. The Morgan fingerprint density at radius 1 is 0.900 bits per heavy atom. The summed E-state index contributed by atoms with van der Waals surface area (Å²) in [6, 6.07) is 18.6. The summed E-state index contributed by atoms with van der Waals surface area (Å²) >= 11 is 0. The molecule has 3 aromatic rings. The standard InChI is InChI=1S/C33H34O7/c1-19(2)23-16-17-33(4)30(40-33)27(23)28-24(37-5)18-25(38-31(35)21-12-8-6-9-13-21)26(20(3)34)29(28)39-32(36)22-14-10-7-11-15-22/h6-15,18-19,23,27,30H,16-17H2,1-5H3/t23-,27+,30+,33-/m1/s1. The van der Waals surface area contributed by atoms with Crippen molar-refractivity contribution in [2.24, 2.45) is 11.8 Å². The van der Waals surface area contributed by atoms with E-state index >= 15 is 0 Å². The number of ketones is 1. The SMILES string of the molecule is COc1cc(OC(=O)c2ccccc2)c(C(C)=O)c(OC(=O)c2ccccc2)c1[C@@H]1[C@@H](C(C)C)CC[C@@]2(C)O[C@@H]12. The molecule has 0 amide bonds. The number of ether oxygens (including phenoxy) is 4. The fraction of sp³-hybridized carbons (Fsp3) is 0.364. The van der Waals surface area contributed by atoms with Gasteiger partial charge in [-0.15, -0.1) is 0 Å². The molecule has 2 aliphatic rings. The highest BCUT2D eigenvalue weighted by atomic mass is 16.6. The maximum absolute atomic E-state index is 13.4. The smallest absolute Gasteiger partial charge is 0.343 e. The molecule has 0 N–H and O–H groups in total. The summed E-state index contributed by atoms with van der Waals surface area (Å²) in [6.45, 7) is 7.77. The van der Waals surface area contributed by atoms with E-state index in [2.05, 4.69) is 20.8 Å². The topological polar surface area (TPSA) is 91.4 Å². The number of hydrogen-bond donors (Lipinski definition) is 0. The molecule has 0 spiro atoms. The summed E-state index contributed by atoms with van der Waals surface area (Å²) in [5.41, 5.74) is 0.946. The minimum absolute atomic E-state index is 0.0137. The third kappa shape index (κ3) is 5.13. The second-order valence-electron chi connectivity index (χ2n) is 11.1. The van der Waals surface area contributed by atoms with Crippen molar-refractivity contribution in [3.8, 4) is 17.2 Å². The number of epoxide rings is 1. The first-order valence-corrected chi connectivity index (χ1v) is 13.6. The summed E-state index contributed by atoms with van der Waals surface area (Å²) in [5.74, 6) is -1.04. The Balaban J connectivity index is 1.71. The lowest BCUT2D eigenvalue weighted by Crippen LogP contribution is -2.33. The van der Waals surface area contributed by atoms with Crippen LogP contribution in [0.5, 0.6) is 17.2 Å². The van der Waals surface area contributed by atoms with Gasteiger partial charge in [-0.3, -0.25) is 4.79 Å². The van der Waals surface area contributed by atoms with Crippen LogP contribution in [0, 0.1) is 11.8 Å². The number of fused-ring (bicyclic) bond motifs is 1. The Kier molecular flexibility index (Phi) is 7.51. The normalized spacial score (nSPS) is 23.2. The molecular weight excluding hydrogens is 508 g/mol. The summed E-state index contributed by atoms with van der Waals surface area (Å²) in [6.07, 6.45) is 1.70. The Bertz CT molecular complexity index is 1430. The van der Waals surface area contributed by atoms with Gasteiger partial charge in [0.1, 0.15) is 17.1 Å². The first-order chi connectivity index (χ1) is 19.1. The highest BCUT2D eigenvalue weighted by molar-refractivity contribution is 6.04. The second kappa shape index (κ2) is 10.9. The van der Waals surface area contributed by atoms with Gasteiger partial charge in [-0.1, -0.05) is 50.2 Å². The van der Waals surface area contributed by atoms with Gasteiger partial charge in [0.15, 0.2) is 11.5 Å². The van der Waals surface area contributed by atoms with Gasteiger partial charge >= 0.3 is 11.9 Å². The van der Waals surface area contributed by atoms with Crippen molar-refractivity contribution in [1.82, 2.24) is 0 Å². The molecule has 3 aromatic carbocycles. The third-order valence-electron chi connectivity index (χ3n) is 8.13. The molecule has 1 heterocycles. The molecule has 7 nitrogen and oxygen atoms in total. The maximum atomic E-state index is 13.4. The van der Waals surface area contributed by atoms with E-state index in [1.165, 1.54) is 14.0 Å². The lowest BCUT2D eigenvalue weighted by Gasteiger charge is -2.36. The molecule has 1 aliphatic carbocycles. The van der Waals surface area contributed by atoms with Gasteiger partial charge in [-0.2, -0.15) is 0 Å². The van der Waals surface area contributed by atoms with Crippen LogP contribution >= 0.6 is 0 Å². The van der Waals surface area contributed by atoms with Crippen LogP contribution in [0.15, 0.2) is 66.7 Å². The van der Waals surface area contributed by atoms with Crippen molar-refractivity contribution in [1.29, 1.82) is 0 Å². The van der Waals surface area contributed by atoms with Crippen LogP contribution in [-0.2, 0) is 4.74 Å². The molecule has 1 saturated heterocycles. The van der Waals surface area contributed by atoms with Crippen molar-refractivity contribution in [3.05, 3.63) is 89.0 Å². The molecule has 5 rings (SSSR count). The monoisotopic (exact) mass is 542 g/mol. The van der Waals surface area contributed by atoms with Crippen LogP contribution in [0.25, 0.3) is 0 Å². The number of benzene rings is 3. The molecule has 0 radical (unpaired) electrons. The fourth-order valence-electron chi connectivity index (χ4n) is 5.97.